The summed E-state index contributed by atoms with van der Waals surface area (Å²) in [5.41, 5.74) is 2.30. The Labute approximate surface area is 137 Å². The molecular weight excluding hydrogens is 408 g/mol. The summed E-state index contributed by atoms with van der Waals surface area (Å²) in [6.45, 7) is 1.94. The van der Waals surface area contributed by atoms with Crippen LogP contribution in [-0.4, -0.2) is 20.9 Å². The molecule has 2 rings (SSSR count). The summed E-state index contributed by atoms with van der Waals surface area (Å²) < 4.78 is 3.43. The summed E-state index contributed by atoms with van der Waals surface area (Å²) >= 11 is 8.35. The molecular formula is C13H12Br2N2O2S. The Morgan fingerprint density at radius 3 is 2.70 bits per heavy atom. The van der Waals surface area contributed by atoms with Gasteiger partial charge in [-0.15, -0.1) is 11.8 Å². The van der Waals surface area contributed by atoms with Crippen molar-refractivity contribution in [3.05, 3.63) is 44.1 Å². The van der Waals surface area contributed by atoms with E-state index in [1.807, 2.05) is 24.7 Å². The number of hydrogen-bond acceptors (Lipinski definition) is 3. The Morgan fingerprint density at radius 1 is 1.45 bits per heavy atom. The van der Waals surface area contributed by atoms with Gasteiger partial charge in [0.25, 0.3) is 0 Å². The van der Waals surface area contributed by atoms with Gasteiger partial charge in [-0.25, -0.2) is 4.79 Å². The summed E-state index contributed by atoms with van der Waals surface area (Å²) in [5, 5.41) is 13.4. The lowest BCUT2D eigenvalue weighted by atomic mass is 10.2. The largest absolute Gasteiger partial charge is 0.478 e. The van der Waals surface area contributed by atoms with E-state index >= 15 is 0 Å². The van der Waals surface area contributed by atoms with Crippen molar-refractivity contribution in [3.8, 4) is 0 Å². The zero-order valence-corrected chi connectivity index (χ0v) is 14.8. The summed E-state index contributed by atoms with van der Waals surface area (Å²) in [4.78, 5) is 12.0. The van der Waals surface area contributed by atoms with Gasteiger partial charge in [-0.3, -0.25) is 4.68 Å². The van der Waals surface area contributed by atoms with Gasteiger partial charge < -0.3 is 5.11 Å². The molecule has 0 aliphatic carbocycles. The second-order valence-electron chi connectivity index (χ2n) is 4.21. The van der Waals surface area contributed by atoms with E-state index in [1.54, 1.807) is 23.9 Å². The number of rotatable bonds is 4. The van der Waals surface area contributed by atoms with Crippen LogP contribution >= 0.6 is 43.6 Å². The summed E-state index contributed by atoms with van der Waals surface area (Å²) in [7, 11) is 1.90. The van der Waals surface area contributed by atoms with Crippen molar-refractivity contribution in [3.63, 3.8) is 0 Å². The molecule has 0 amide bonds. The highest BCUT2D eigenvalue weighted by Crippen LogP contribution is 2.30. The maximum Gasteiger partial charge on any atom is 0.336 e. The standard InChI is InChI=1S/C13H12Br2N2O2S/c1-7-12(15)11(17(2)16-7)6-20-8-3-4-10(14)9(5-8)13(18)19/h3-5H,6H2,1-2H3,(H,18,19). The number of hydrogen-bond donors (Lipinski definition) is 1. The number of carboxylic acids is 1. The Hall–Kier alpha value is -0.790. The number of aromatic carboxylic acids is 1. The average molecular weight is 420 g/mol. The molecule has 4 nitrogen and oxygen atoms in total. The normalized spacial score (nSPS) is 10.8. The molecule has 0 spiro atoms. The maximum absolute atomic E-state index is 11.1. The van der Waals surface area contributed by atoms with Crippen molar-refractivity contribution in [2.24, 2.45) is 7.05 Å². The van der Waals surface area contributed by atoms with Crippen LogP contribution in [0.4, 0.5) is 0 Å². The van der Waals surface area contributed by atoms with Gasteiger partial charge in [-0.2, -0.15) is 5.10 Å². The van der Waals surface area contributed by atoms with E-state index in [1.165, 1.54) is 0 Å². The molecule has 0 aliphatic rings. The number of halogens is 2. The van der Waals surface area contributed by atoms with Crippen molar-refractivity contribution >= 4 is 49.6 Å². The van der Waals surface area contributed by atoms with Crippen molar-refractivity contribution in [2.45, 2.75) is 17.6 Å². The molecule has 0 aliphatic heterocycles. The van der Waals surface area contributed by atoms with Crippen LogP contribution in [0.25, 0.3) is 0 Å². The minimum Gasteiger partial charge on any atom is -0.478 e. The van der Waals surface area contributed by atoms with E-state index in [0.29, 0.717) is 4.47 Å². The average Bonchev–Trinajstić information content (AvgIpc) is 2.62. The second kappa shape index (κ2) is 6.32. The van der Waals surface area contributed by atoms with E-state index in [-0.39, 0.29) is 5.56 Å². The zero-order valence-electron chi connectivity index (χ0n) is 10.9. The molecule has 0 unspecified atom stereocenters. The lowest BCUT2D eigenvalue weighted by Gasteiger charge is -2.06. The second-order valence-corrected chi connectivity index (χ2v) is 6.90. The number of aromatic nitrogens is 2. The van der Waals surface area contributed by atoms with Crippen LogP contribution in [-0.2, 0) is 12.8 Å². The van der Waals surface area contributed by atoms with E-state index in [0.717, 1.165) is 26.5 Å². The Balaban J connectivity index is 2.19. The summed E-state index contributed by atoms with van der Waals surface area (Å²) in [6, 6.07) is 5.34. The van der Waals surface area contributed by atoms with Crippen LogP contribution in [0.15, 0.2) is 32.0 Å². The minimum absolute atomic E-state index is 0.273. The van der Waals surface area contributed by atoms with Crippen molar-refractivity contribution < 1.29 is 9.90 Å². The lowest BCUT2D eigenvalue weighted by molar-refractivity contribution is 0.0695. The number of nitrogens with zero attached hydrogens (tertiary/aromatic N) is 2. The van der Waals surface area contributed by atoms with E-state index in [9.17, 15) is 4.79 Å². The van der Waals surface area contributed by atoms with Gasteiger partial charge in [0.05, 0.1) is 21.4 Å². The van der Waals surface area contributed by atoms with Gasteiger partial charge in [0, 0.05) is 22.2 Å². The zero-order chi connectivity index (χ0) is 14.9. The third-order valence-corrected chi connectivity index (χ3v) is 5.53. The molecule has 1 N–H and O–H groups in total. The number of carboxylic acid groups (broad SMARTS) is 1. The first-order valence-corrected chi connectivity index (χ1v) is 8.31. The third kappa shape index (κ3) is 3.27. The number of benzene rings is 1. The molecule has 0 bridgehead atoms. The predicted molar refractivity (Wildman–Crippen MR) is 86.3 cm³/mol. The summed E-state index contributed by atoms with van der Waals surface area (Å²) in [6.07, 6.45) is 0. The fourth-order valence-electron chi connectivity index (χ4n) is 1.75. The first-order valence-electron chi connectivity index (χ1n) is 5.73. The molecule has 0 saturated heterocycles. The highest BCUT2D eigenvalue weighted by atomic mass is 79.9. The SMILES string of the molecule is Cc1nn(C)c(CSc2ccc(Br)c(C(=O)O)c2)c1Br. The first-order chi connectivity index (χ1) is 9.40. The third-order valence-electron chi connectivity index (χ3n) is 2.81. The fourth-order valence-corrected chi connectivity index (χ4v) is 3.82. The molecule has 2 aromatic rings. The number of thioether (sulfide) groups is 1. The van der Waals surface area contributed by atoms with Gasteiger partial charge in [-0.05, 0) is 57.0 Å². The number of carbonyl (C=O) groups is 1. The van der Waals surface area contributed by atoms with Crippen LogP contribution in [0.1, 0.15) is 21.7 Å². The number of aryl methyl sites for hydroxylation is 2. The van der Waals surface area contributed by atoms with Gasteiger partial charge in [0.15, 0.2) is 0 Å². The van der Waals surface area contributed by atoms with Crippen molar-refractivity contribution in [2.75, 3.05) is 0 Å². The van der Waals surface area contributed by atoms with Gasteiger partial charge in [0.2, 0.25) is 0 Å². The van der Waals surface area contributed by atoms with Crippen LogP contribution in [0.3, 0.4) is 0 Å². The summed E-state index contributed by atoms with van der Waals surface area (Å²) in [5.74, 6) is -0.213. The molecule has 0 saturated carbocycles. The predicted octanol–water partition coefficient (Wildman–Crippen LogP) is 4.24. The highest BCUT2D eigenvalue weighted by Gasteiger charge is 2.13. The Morgan fingerprint density at radius 2 is 2.15 bits per heavy atom. The van der Waals surface area contributed by atoms with Crippen LogP contribution in [0.5, 0.6) is 0 Å². The molecule has 1 aromatic heterocycles. The minimum atomic E-state index is -0.933. The molecule has 0 radical (unpaired) electrons. The van der Waals surface area contributed by atoms with Crippen LogP contribution in [0.2, 0.25) is 0 Å². The lowest BCUT2D eigenvalue weighted by Crippen LogP contribution is -1.99. The quantitative estimate of drug-likeness (QED) is 0.752. The van der Waals surface area contributed by atoms with E-state index in [4.69, 9.17) is 5.11 Å². The fraction of sp³-hybridized carbons (Fsp3) is 0.231. The smallest absolute Gasteiger partial charge is 0.336 e. The maximum atomic E-state index is 11.1. The first kappa shape index (κ1) is 15.6. The molecule has 7 heteroatoms. The molecule has 0 fully saturated rings. The van der Waals surface area contributed by atoms with Gasteiger partial charge >= 0.3 is 5.97 Å². The van der Waals surface area contributed by atoms with Crippen molar-refractivity contribution in [1.82, 2.24) is 9.78 Å². The molecule has 1 aromatic carbocycles. The monoisotopic (exact) mass is 418 g/mol. The Bertz CT molecular complexity index is 671. The van der Waals surface area contributed by atoms with E-state index in [2.05, 4.69) is 37.0 Å². The van der Waals surface area contributed by atoms with Crippen LogP contribution < -0.4 is 0 Å². The van der Waals surface area contributed by atoms with Gasteiger partial charge in [0.1, 0.15) is 0 Å². The van der Waals surface area contributed by atoms with E-state index < -0.39 is 5.97 Å². The molecule has 0 atom stereocenters. The van der Waals surface area contributed by atoms with Crippen LogP contribution in [0, 0.1) is 6.92 Å². The Kier molecular flexibility index (Phi) is 4.93. The van der Waals surface area contributed by atoms with Crippen molar-refractivity contribution in [1.29, 1.82) is 0 Å². The van der Waals surface area contributed by atoms with Gasteiger partial charge in [-0.1, -0.05) is 0 Å². The topological polar surface area (TPSA) is 55.1 Å². The molecule has 1 heterocycles. The molecule has 106 valence electrons. The molecule has 20 heavy (non-hydrogen) atoms. The highest BCUT2D eigenvalue weighted by molar-refractivity contribution is 9.10.